The van der Waals surface area contributed by atoms with Gasteiger partial charge in [-0.1, -0.05) is 6.07 Å². The zero-order valence-electron chi connectivity index (χ0n) is 10.2. The molecule has 0 unspecified atom stereocenters. The summed E-state index contributed by atoms with van der Waals surface area (Å²) < 4.78 is 9.10. The van der Waals surface area contributed by atoms with Crippen LogP contribution in [0.15, 0.2) is 18.2 Å². The van der Waals surface area contributed by atoms with Crippen LogP contribution in [0.1, 0.15) is 27.9 Å². The van der Waals surface area contributed by atoms with Crippen LogP contribution in [0.3, 0.4) is 0 Å². The molecule has 0 aliphatic rings. The molecule has 5 heteroatoms. The minimum absolute atomic E-state index is 0.224. The van der Waals surface area contributed by atoms with Crippen molar-refractivity contribution >= 4 is 11.9 Å². The molecule has 1 aromatic carbocycles. The number of carbonyl (C=O) groups excluding carboxylic acids is 2. The highest BCUT2D eigenvalue weighted by Crippen LogP contribution is 2.14. The van der Waals surface area contributed by atoms with Crippen molar-refractivity contribution in [2.45, 2.75) is 12.8 Å². The molecule has 0 fully saturated rings. The van der Waals surface area contributed by atoms with Crippen LogP contribution in [0.25, 0.3) is 0 Å². The number of nitriles is 1. The fourth-order valence-electron chi connectivity index (χ4n) is 1.48. The van der Waals surface area contributed by atoms with Gasteiger partial charge in [-0.25, -0.2) is 4.79 Å². The highest BCUT2D eigenvalue weighted by Gasteiger charge is 2.12. The van der Waals surface area contributed by atoms with Gasteiger partial charge in [0.2, 0.25) is 0 Å². The van der Waals surface area contributed by atoms with Crippen molar-refractivity contribution in [3.05, 3.63) is 34.9 Å². The van der Waals surface area contributed by atoms with Gasteiger partial charge in [-0.15, -0.1) is 0 Å². The lowest BCUT2D eigenvalue weighted by Gasteiger charge is -2.05. The van der Waals surface area contributed by atoms with Crippen LogP contribution in [0.2, 0.25) is 0 Å². The first-order chi connectivity index (χ1) is 8.62. The van der Waals surface area contributed by atoms with Gasteiger partial charge in [0.15, 0.2) is 0 Å². The van der Waals surface area contributed by atoms with Crippen LogP contribution >= 0.6 is 0 Å². The first-order valence-electron chi connectivity index (χ1n) is 5.30. The van der Waals surface area contributed by atoms with Crippen molar-refractivity contribution < 1.29 is 19.1 Å². The Labute approximate surface area is 105 Å². The number of rotatable bonds is 4. The summed E-state index contributed by atoms with van der Waals surface area (Å²) in [5.74, 6) is -0.864. The van der Waals surface area contributed by atoms with Gasteiger partial charge in [-0.2, -0.15) is 5.26 Å². The minimum atomic E-state index is -0.550. The fraction of sp³-hybridized carbons (Fsp3) is 0.308. The molecular weight excluding hydrogens is 234 g/mol. The third-order valence-electron chi connectivity index (χ3n) is 2.46. The Bertz CT molecular complexity index is 502. The second kappa shape index (κ2) is 6.40. The summed E-state index contributed by atoms with van der Waals surface area (Å²) in [4.78, 5) is 22.4. The molecule has 0 bridgehead atoms. The summed E-state index contributed by atoms with van der Waals surface area (Å²) in [6, 6.07) is 6.73. The maximum Gasteiger partial charge on any atom is 0.339 e. The predicted molar refractivity (Wildman–Crippen MR) is 62.8 cm³/mol. The Morgan fingerprint density at radius 1 is 1.28 bits per heavy atom. The minimum Gasteiger partial charge on any atom is -0.469 e. The van der Waals surface area contributed by atoms with Crippen molar-refractivity contribution in [1.82, 2.24) is 0 Å². The van der Waals surface area contributed by atoms with Gasteiger partial charge in [-0.05, 0) is 24.1 Å². The van der Waals surface area contributed by atoms with Gasteiger partial charge >= 0.3 is 11.9 Å². The first-order valence-corrected chi connectivity index (χ1v) is 5.30. The number of ether oxygens (including phenoxy) is 2. The van der Waals surface area contributed by atoms with E-state index in [-0.39, 0.29) is 23.5 Å². The molecule has 0 N–H and O–H groups in total. The number of carbonyl (C=O) groups is 2. The summed E-state index contributed by atoms with van der Waals surface area (Å²) in [7, 11) is 2.58. The zero-order valence-corrected chi connectivity index (χ0v) is 10.2. The highest BCUT2D eigenvalue weighted by molar-refractivity contribution is 5.92. The topological polar surface area (TPSA) is 76.4 Å². The number of aryl methyl sites for hydroxylation is 1. The fourth-order valence-corrected chi connectivity index (χ4v) is 1.48. The number of nitrogens with zero attached hydrogens (tertiary/aromatic N) is 1. The number of hydrogen-bond donors (Lipinski definition) is 0. The molecule has 0 atom stereocenters. The molecule has 18 heavy (non-hydrogen) atoms. The average molecular weight is 247 g/mol. The van der Waals surface area contributed by atoms with E-state index in [0.29, 0.717) is 6.42 Å². The number of hydrogen-bond acceptors (Lipinski definition) is 5. The maximum atomic E-state index is 11.4. The molecule has 0 radical (unpaired) electrons. The third kappa shape index (κ3) is 3.32. The van der Waals surface area contributed by atoms with Gasteiger partial charge in [0, 0.05) is 6.42 Å². The monoisotopic (exact) mass is 247 g/mol. The zero-order chi connectivity index (χ0) is 13.5. The van der Waals surface area contributed by atoms with Gasteiger partial charge in [0.1, 0.15) is 6.07 Å². The lowest BCUT2D eigenvalue weighted by Crippen LogP contribution is -2.06. The summed E-state index contributed by atoms with van der Waals surface area (Å²) in [6.45, 7) is 0. The molecule has 94 valence electrons. The Morgan fingerprint density at radius 2 is 2.00 bits per heavy atom. The number of esters is 2. The van der Waals surface area contributed by atoms with Crippen LogP contribution in [0.5, 0.6) is 0 Å². The van der Waals surface area contributed by atoms with Gasteiger partial charge < -0.3 is 9.47 Å². The second-order valence-corrected chi connectivity index (χ2v) is 3.56. The Balaban J connectivity index is 2.89. The standard InChI is InChI=1S/C13H13NO4/c1-17-12(15)6-4-9-3-5-11(13(16)18-2)10(7-9)8-14/h3,5,7H,4,6H2,1-2H3. The van der Waals surface area contributed by atoms with Gasteiger partial charge in [0.25, 0.3) is 0 Å². The average Bonchev–Trinajstić information content (AvgIpc) is 2.43. The lowest BCUT2D eigenvalue weighted by molar-refractivity contribution is -0.140. The number of methoxy groups -OCH3 is 2. The highest BCUT2D eigenvalue weighted by atomic mass is 16.5. The Morgan fingerprint density at radius 3 is 2.56 bits per heavy atom. The lowest BCUT2D eigenvalue weighted by atomic mass is 10.0. The molecule has 1 aromatic rings. The van der Waals surface area contributed by atoms with Crippen molar-refractivity contribution in [1.29, 1.82) is 5.26 Å². The van der Waals surface area contributed by atoms with E-state index in [0.717, 1.165) is 5.56 Å². The summed E-state index contributed by atoms with van der Waals surface area (Å²) in [5, 5.41) is 8.96. The predicted octanol–water partition coefficient (Wildman–Crippen LogP) is 1.45. The third-order valence-corrected chi connectivity index (χ3v) is 2.46. The van der Waals surface area contributed by atoms with E-state index in [1.54, 1.807) is 12.1 Å². The van der Waals surface area contributed by atoms with Crippen LogP contribution in [-0.2, 0) is 20.7 Å². The molecule has 0 saturated heterocycles. The molecule has 0 aromatic heterocycles. The van der Waals surface area contributed by atoms with Gasteiger partial charge in [0.05, 0.1) is 25.3 Å². The maximum absolute atomic E-state index is 11.4. The van der Waals surface area contributed by atoms with E-state index in [1.165, 1.54) is 20.3 Å². The molecule has 0 saturated carbocycles. The molecular formula is C13H13NO4. The Hall–Kier alpha value is -2.35. The molecule has 5 nitrogen and oxygen atoms in total. The van der Waals surface area contributed by atoms with E-state index < -0.39 is 5.97 Å². The van der Waals surface area contributed by atoms with Crippen molar-refractivity contribution in [3.63, 3.8) is 0 Å². The van der Waals surface area contributed by atoms with Crippen LogP contribution in [-0.4, -0.2) is 26.2 Å². The molecule has 1 rings (SSSR count). The molecule has 0 spiro atoms. The van der Waals surface area contributed by atoms with Crippen molar-refractivity contribution in [2.24, 2.45) is 0 Å². The van der Waals surface area contributed by atoms with Gasteiger partial charge in [-0.3, -0.25) is 4.79 Å². The normalized spacial score (nSPS) is 9.39. The Kier molecular flexibility index (Phi) is 4.88. The largest absolute Gasteiger partial charge is 0.469 e. The molecule has 0 aliphatic heterocycles. The second-order valence-electron chi connectivity index (χ2n) is 3.56. The first kappa shape index (κ1) is 13.7. The van der Waals surface area contributed by atoms with E-state index in [4.69, 9.17) is 5.26 Å². The van der Waals surface area contributed by atoms with Crippen LogP contribution in [0, 0.1) is 11.3 Å². The van der Waals surface area contributed by atoms with E-state index >= 15 is 0 Å². The van der Waals surface area contributed by atoms with E-state index in [2.05, 4.69) is 9.47 Å². The summed E-state index contributed by atoms with van der Waals surface area (Å²) in [5.41, 5.74) is 1.26. The molecule has 0 aliphatic carbocycles. The molecule has 0 heterocycles. The van der Waals surface area contributed by atoms with Crippen LogP contribution in [0.4, 0.5) is 0 Å². The number of benzene rings is 1. The SMILES string of the molecule is COC(=O)CCc1ccc(C(=O)OC)c(C#N)c1. The van der Waals surface area contributed by atoms with Crippen LogP contribution < -0.4 is 0 Å². The van der Waals surface area contributed by atoms with E-state index in [9.17, 15) is 9.59 Å². The van der Waals surface area contributed by atoms with Crippen molar-refractivity contribution in [2.75, 3.05) is 14.2 Å². The van der Waals surface area contributed by atoms with E-state index in [1.807, 2.05) is 6.07 Å². The van der Waals surface area contributed by atoms with Crippen molar-refractivity contribution in [3.8, 4) is 6.07 Å². The molecule has 0 amide bonds. The quantitative estimate of drug-likeness (QED) is 0.752. The summed E-state index contributed by atoms with van der Waals surface area (Å²) in [6.07, 6.45) is 0.696. The smallest absolute Gasteiger partial charge is 0.339 e. The summed E-state index contributed by atoms with van der Waals surface area (Å²) >= 11 is 0.